The Balaban J connectivity index is 2.34. The van der Waals surface area contributed by atoms with Crippen molar-refractivity contribution in [3.05, 3.63) is 29.8 Å². The average Bonchev–Trinajstić information content (AvgIpc) is 2.37. The van der Waals surface area contributed by atoms with Gasteiger partial charge in [-0.1, -0.05) is 12.1 Å². The molecule has 2 N–H and O–H groups in total. The van der Waals surface area contributed by atoms with Crippen LogP contribution in [-0.4, -0.2) is 23.3 Å². The first-order valence-electron chi connectivity index (χ1n) is 5.22. The number of hydrogen-bond donors (Lipinski definition) is 2. The van der Waals surface area contributed by atoms with Crippen LogP contribution in [0.15, 0.2) is 29.2 Å². The van der Waals surface area contributed by atoms with E-state index < -0.39 is 0 Å². The fraction of sp³-hybridized carbons (Fsp3) is 0.333. The lowest BCUT2D eigenvalue weighted by molar-refractivity contribution is -0.118. The molecule has 0 aromatic heterocycles. The molecule has 0 heterocycles. The largest absolute Gasteiger partial charge is 0.392 e. The highest BCUT2D eigenvalue weighted by Crippen LogP contribution is 2.18. The van der Waals surface area contributed by atoms with E-state index in [0.717, 1.165) is 10.5 Å². The second-order valence-electron chi connectivity index (χ2n) is 3.35. The molecular weight excluding hydrogens is 236 g/mol. The van der Waals surface area contributed by atoms with Crippen molar-refractivity contribution in [2.75, 3.05) is 12.3 Å². The molecule has 0 aliphatic carbocycles. The number of nitrogens with zero attached hydrogens (tertiary/aromatic N) is 1. The number of hydrogen-bond acceptors (Lipinski definition) is 4. The summed E-state index contributed by atoms with van der Waals surface area (Å²) in [6, 6.07) is 9.39. The molecule has 90 valence electrons. The Morgan fingerprint density at radius 1 is 1.53 bits per heavy atom. The molecular formula is C12H14N2O2S. The minimum Gasteiger partial charge on any atom is -0.392 e. The molecule has 0 radical (unpaired) electrons. The lowest BCUT2D eigenvalue weighted by Crippen LogP contribution is -2.25. The molecule has 0 atom stereocenters. The van der Waals surface area contributed by atoms with Crippen LogP contribution in [0.4, 0.5) is 0 Å². The van der Waals surface area contributed by atoms with Gasteiger partial charge < -0.3 is 10.4 Å². The average molecular weight is 250 g/mol. The fourth-order valence-corrected chi connectivity index (χ4v) is 2.00. The maximum absolute atomic E-state index is 11.4. The number of nitrogens with one attached hydrogen (secondary N) is 1. The predicted octanol–water partition coefficient (Wildman–Crippen LogP) is 1.30. The maximum Gasteiger partial charge on any atom is 0.230 e. The van der Waals surface area contributed by atoms with Gasteiger partial charge in [-0.25, -0.2) is 0 Å². The van der Waals surface area contributed by atoms with Crippen molar-refractivity contribution in [3.8, 4) is 6.07 Å². The number of amides is 1. The van der Waals surface area contributed by atoms with Gasteiger partial charge in [0.1, 0.15) is 0 Å². The van der Waals surface area contributed by atoms with Gasteiger partial charge in [0, 0.05) is 11.4 Å². The second kappa shape index (κ2) is 7.71. The second-order valence-corrected chi connectivity index (χ2v) is 4.40. The van der Waals surface area contributed by atoms with Crippen LogP contribution in [-0.2, 0) is 11.4 Å². The van der Waals surface area contributed by atoms with E-state index >= 15 is 0 Å². The van der Waals surface area contributed by atoms with Crippen LogP contribution in [0, 0.1) is 11.3 Å². The number of benzene rings is 1. The van der Waals surface area contributed by atoms with Crippen molar-refractivity contribution in [3.63, 3.8) is 0 Å². The summed E-state index contributed by atoms with van der Waals surface area (Å²) in [5, 5.41) is 19.9. The number of carbonyl (C=O) groups excluding carboxylic acids is 1. The van der Waals surface area contributed by atoms with E-state index in [-0.39, 0.29) is 12.5 Å². The number of carbonyl (C=O) groups is 1. The molecule has 0 bridgehead atoms. The molecule has 1 rings (SSSR count). The summed E-state index contributed by atoms with van der Waals surface area (Å²) in [5.41, 5.74) is 0.833. The zero-order valence-electron chi connectivity index (χ0n) is 9.35. The number of thioether (sulfide) groups is 1. The van der Waals surface area contributed by atoms with E-state index in [9.17, 15) is 4.79 Å². The van der Waals surface area contributed by atoms with Crippen LogP contribution in [0.2, 0.25) is 0 Å². The van der Waals surface area contributed by atoms with E-state index in [1.165, 1.54) is 11.8 Å². The first kappa shape index (κ1) is 13.6. The minimum atomic E-state index is -0.0837. The smallest absolute Gasteiger partial charge is 0.230 e. The lowest BCUT2D eigenvalue weighted by Gasteiger charge is -2.04. The molecule has 0 fully saturated rings. The summed E-state index contributed by atoms with van der Waals surface area (Å²) >= 11 is 1.41. The van der Waals surface area contributed by atoms with Crippen molar-refractivity contribution < 1.29 is 9.90 Å². The van der Waals surface area contributed by atoms with Crippen LogP contribution in [0.25, 0.3) is 0 Å². The van der Waals surface area contributed by atoms with Gasteiger partial charge in [0.15, 0.2) is 0 Å². The van der Waals surface area contributed by atoms with E-state index in [0.29, 0.717) is 18.7 Å². The number of aliphatic hydroxyl groups excluding tert-OH is 1. The van der Waals surface area contributed by atoms with Crippen molar-refractivity contribution >= 4 is 17.7 Å². The molecule has 0 spiro atoms. The molecule has 0 saturated heterocycles. The van der Waals surface area contributed by atoms with E-state index in [1.807, 2.05) is 30.3 Å². The number of aliphatic hydroxyl groups is 1. The van der Waals surface area contributed by atoms with Gasteiger partial charge >= 0.3 is 0 Å². The quantitative estimate of drug-likeness (QED) is 0.589. The highest BCUT2D eigenvalue weighted by atomic mass is 32.2. The van der Waals surface area contributed by atoms with E-state index in [2.05, 4.69) is 5.32 Å². The standard InChI is InChI=1S/C12H14N2O2S/c13-5-2-6-14-12(16)9-17-11-4-1-3-10(7-11)8-15/h1,3-4,7,15H,2,6,8-9H2,(H,14,16). The molecule has 1 aromatic rings. The third kappa shape index (κ3) is 5.38. The molecule has 0 aliphatic heterocycles. The molecule has 4 nitrogen and oxygen atoms in total. The minimum absolute atomic E-state index is 0.00274. The summed E-state index contributed by atoms with van der Waals surface area (Å²) in [7, 11) is 0. The maximum atomic E-state index is 11.4. The van der Waals surface area contributed by atoms with Gasteiger partial charge in [0.25, 0.3) is 0 Å². The number of rotatable bonds is 6. The Bertz CT molecular complexity index is 415. The lowest BCUT2D eigenvalue weighted by atomic mass is 10.2. The van der Waals surface area contributed by atoms with Crippen LogP contribution in [0.5, 0.6) is 0 Å². The number of nitriles is 1. The third-order valence-electron chi connectivity index (χ3n) is 2.01. The Labute approximate surface area is 105 Å². The normalized spacial score (nSPS) is 9.65. The van der Waals surface area contributed by atoms with Crippen LogP contribution in [0.3, 0.4) is 0 Å². The van der Waals surface area contributed by atoms with Crippen molar-refractivity contribution in [1.29, 1.82) is 5.26 Å². The van der Waals surface area contributed by atoms with Gasteiger partial charge in [0.05, 0.1) is 24.8 Å². The van der Waals surface area contributed by atoms with Gasteiger partial charge in [0.2, 0.25) is 5.91 Å². The molecule has 0 saturated carbocycles. The third-order valence-corrected chi connectivity index (χ3v) is 3.00. The van der Waals surface area contributed by atoms with Gasteiger partial charge in [-0.2, -0.15) is 5.26 Å². The van der Waals surface area contributed by atoms with E-state index in [1.54, 1.807) is 0 Å². The molecule has 5 heteroatoms. The van der Waals surface area contributed by atoms with Gasteiger partial charge in [-0.3, -0.25) is 4.79 Å². The Morgan fingerprint density at radius 3 is 3.06 bits per heavy atom. The molecule has 1 aromatic carbocycles. The van der Waals surface area contributed by atoms with Gasteiger partial charge in [-0.05, 0) is 17.7 Å². The summed E-state index contributed by atoms with van der Waals surface area (Å²) in [5.74, 6) is 0.236. The van der Waals surface area contributed by atoms with Crippen molar-refractivity contribution in [1.82, 2.24) is 5.32 Å². The summed E-state index contributed by atoms with van der Waals surface area (Å²) in [4.78, 5) is 12.3. The monoisotopic (exact) mass is 250 g/mol. The summed E-state index contributed by atoms with van der Waals surface area (Å²) < 4.78 is 0. The Kier molecular flexibility index (Phi) is 6.15. The molecule has 1 amide bonds. The first-order valence-corrected chi connectivity index (χ1v) is 6.21. The van der Waals surface area contributed by atoms with Crippen LogP contribution < -0.4 is 5.32 Å². The molecule has 17 heavy (non-hydrogen) atoms. The van der Waals surface area contributed by atoms with Crippen molar-refractivity contribution in [2.24, 2.45) is 0 Å². The highest BCUT2D eigenvalue weighted by molar-refractivity contribution is 8.00. The van der Waals surface area contributed by atoms with Crippen LogP contribution in [0.1, 0.15) is 12.0 Å². The summed E-state index contributed by atoms with van der Waals surface area (Å²) in [6.07, 6.45) is 0.330. The Morgan fingerprint density at radius 2 is 2.35 bits per heavy atom. The zero-order valence-corrected chi connectivity index (χ0v) is 10.2. The Hall–Kier alpha value is -1.51. The van der Waals surface area contributed by atoms with Crippen LogP contribution >= 0.6 is 11.8 Å². The highest BCUT2D eigenvalue weighted by Gasteiger charge is 2.02. The van der Waals surface area contributed by atoms with E-state index in [4.69, 9.17) is 10.4 Å². The van der Waals surface area contributed by atoms with Crippen molar-refractivity contribution in [2.45, 2.75) is 17.9 Å². The van der Waals surface area contributed by atoms with Gasteiger partial charge in [-0.15, -0.1) is 11.8 Å². The predicted molar refractivity (Wildman–Crippen MR) is 66.3 cm³/mol. The fourth-order valence-electron chi connectivity index (χ4n) is 1.19. The molecule has 0 unspecified atom stereocenters. The molecule has 0 aliphatic rings. The SMILES string of the molecule is N#CCCNC(=O)CSc1cccc(CO)c1. The topological polar surface area (TPSA) is 73.1 Å². The summed E-state index contributed by atoms with van der Waals surface area (Å²) in [6.45, 7) is 0.398. The first-order chi connectivity index (χ1) is 8.26. The zero-order chi connectivity index (χ0) is 12.5.